The summed E-state index contributed by atoms with van der Waals surface area (Å²) < 4.78 is 38.5. The van der Waals surface area contributed by atoms with Gasteiger partial charge in [-0.3, -0.25) is 9.69 Å². The average molecular weight is 377 g/mol. The molecule has 5 nitrogen and oxygen atoms in total. The van der Waals surface area contributed by atoms with E-state index in [0.717, 1.165) is 12.1 Å². The van der Waals surface area contributed by atoms with Gasteiger partial charge in [0.2, 0.25) is 0 Å². The summed E-state index contributed by atoms with van der Waals surface area (Å²) in [5.74, 6) is -0.339. The molecule has 0 radical (unpaired) electrons. The maximum atomic E-state index is 12.8. The summed E-state index contributed by atoms with van der Waals surface area (Å²) in [6, 6.07) is 11.3. The Kier molecular flexibility index (Phi) is 5.07. The van der Waals surface area contributed by atoms with E-state index >= 15 is 0 Å². The van der Waals surface area contributed by atoms with E-state index in [4.69, 9.17) is 0 Å². The lowest BCUT2D eigenvalue weighted by Crippen LogP contribution is -2.29. The summed E-state index contributed by atoms with van der Waals surface area (Å²) in [7, 11) is 1.53. The SMILES string of the molecule is CN(Cc1cccc(C(F)(F)F)c1)C(=O)c1cccc(N2CCNC2=O)c1. The van der Waals surface area contributed by atoms with Crippen LogP contribution in [0.25, 0.3) is 0 Å². The van der Waals surface area contributed by atoms with Gasteiger partial charge in [0.1, 0.15) is 0 Å². The number of alkyl halides is 3. The van der Waals surface area contributed by atoms with E-state index in [9.17, 15) is 22.8 Å². The van der Waals surface area contributed by atoms with E-state index in [2.05, 4.69) is 5.32 Å². The highest BCUT2D eigenvalue weighted by molar-refractivity contribution is 5.98. The molecule has 142 valence electrons. The predicted octanol–water partition coefficient (Wildman–Crippen LogP) is 3.51. The molecule has 3 amide bonds. The van der Waals surface area contributed by atoms with Crippen molar-refractivity contribution >= 4 is 17.6 Å². The molecule has 0 spiro atoms. The average Bonchev–Trinajstić information content (AvgIpc) is 3.06. The van der Waals surface area contributed by atoms with E-state index in [1.165, 1.54) is 22.9 Å². The molecule has 1 fully saturated rings. The fourth-order valence-electron chi connectivity index (χ4n) is 2.94. The first kappa shape index (κ1) is 18.8. The maximum Gasteiger partial charge on any atom is 0.416 e. The summed E-state index contributed by atoms with van der Waals surface area (Å²) in [5, 5.41) is 2.69. The van der Waals surface area contributed by atoms with E-state index in [1.54, 1.807) is 30.3 Å². The molecule has 2 aromatic carbocycles. The van der Waals surface area contributed by atoms with Crippen molar-refractivity contribution in [3.05, 3.63) is 65.2 Å². The molecule has 0 aromatic heterocycles. The first-order valence-electron chi connectivity index (χ1n) is 8.33. The van der Waals surface area contributed by atoms with Gasteiger partial charge >= 0.3 is 12.2 Å². The Labute approximate surface area is 154 Å². The molecule has 3 rings (SSSR count). The van der Waals surface area contributed by atoms with Gasteiger partial charge in [-0.25, -0.2) is 4.79 Å². The van der Waals surface area contributed by atoms with Crippen LogP contribution in [0.1, 0.15) is 21.5 Å². The summed E-state index contributed by atoms with van der Waals surface area (Å²) in [6.07, 6.45) is -4.43. The van der Waals surface area contributed by atoms with Gasteiger partial charge in [0.15, 0.2) is 0 Å². The first-order chi connectivity index (χ1) is 12.8. The van der Waals surface area contributed by atoms with E-state index in [-0.39, 0.29) is 18.5 Å². The number of carbonyl (C=O) groups excluding carboxylic acids is 2. The second-order valence-corrected chi connectivity index (χ2v) is 6.29. The fraction of sp³-hybridized carbons (Fsp3) is 0.263. The number of urea groups is 1. The van der Waals surface area contributed by atoms with Crippen LogP contribution in [-0.2, 0) is 12.7 Å². The van der Waals surface area contributed by atoms with Crippen LogP contribution in [-0.4, -0.2) is 37.0 Å². The third kappa shape index (κ3) is 4.21. The lowest BCUT2D eigenvalue weighted by atomic mass is 10.1. The van der Waals surface area contributed by atoms with Crippen molar-refractivity contribution < 1.29 is 22.8 Å². The summed E-state index contributed by atoms with van der Waals surface area (Å²) in [4.78, 5) is 27.3. The fourth-order valence-corrected chi connectivity index (χ4v) is 2.94. The number of amides is 3. The number of rotatable bonds is 4. The van der Waals surface area contributed by atoms with Crippen LogP contribution in [0.15, 0.2) is 48.5 Å². The van der Waals surface area contributed by atoms with Gasteiger partial charge in [0, 0.05) is 37.9 Å². The van der Waals surface area contributed by atoms with Gasteiger partial charge in [-0.15, -0.1) is 0 Å². The zero-order chi connectivity index (χ0) is 19.6. The Morgan fingerprint density at radius 1 is 1.19 bits per heavy atom. The Bertz CT molecular complexity index is 867. The molecule has 0 aliphatic carbocycles. The van der Waals surface area contributed by atoms with Crippen molar-refractivity contribution in [2.24, 2.45) is 0 Å². The van der Waals surface area contributed by atoms with Gasteiger partial charge in [-0.1, -0.05) is 18.2 Å². The molecular weight excluding hydrogens is 359 g/mol. The number of hydrogen-bond acceptors (Lipinski definition) is 2. The summed E-state index contributed by atoms with van der Waals surface area (Å²) >= 11 is 0. The summed E-state index contributed by atoms with van der Waals surface area (Å²) in [5.41, 5.74) is 0.601. The van der Waals surface area contributed by atoms with Crippen LogP contribution in [0.3, 0.4) is 0 Å². The third-order valence-electron chi connectivity index (χ3n) is 4.28. The highest BCUT2D eigenvalue weighted by Gasteiger charge is 2.30. The van der Waals surface area contributed by atoms with E-state index < -0.39 is 11.7 Å². The lowest BCUT2D eigenvalue weighted by molar-refractivity contribution is -0.137. The Morgan fingerprint density at radius 2 is 1.93 bits per heavy atom. The summed E-state index contributed by atoms with van der Waals surface area (Å²) in [6.45, 7) is 1.08. The smallest absolute Gasteiger partial charge is 0.337 e. The molecule has 0 unspecified atom stereocenters. The third-order valence-corrected chi connectivity index (χ3v) is 4.28. The molecular formula is C19H18F3N3O2. The highest BCUT2D eigenvalue weighted by atomic mass is 19.4. The van der Waals surface area contributed by atoms with E-state index in [0.29, 0.717) is 29.9 Å². The van der Waals surface area contributed by atoms with Crippen LogP contribution in [0.5, 0.6) is 0 Å². The molecule has 1 saturated heterocycles. The van der Waals surface area contributed by atoms with Gasteiger partial charge in [-0.2, -0.15) is 13.2 Å². The number of carbonyl (C=O) groups is 2. The second-order valence-electron chi connectivity index (χ2n) is 6.29. The number of nitrogens with one attached hydrogen (secondary N) is 1. The molecule has 1 heterocycles. The van der Waals surface area contributed by atoms with Gasteiger partial charge < -0.3 is 10.2 Å². The molecule has 0 atom stereocenters. The second kappa shape index (κ2) is 7.30. The van der Waals surface area contributed by atoms with Crippen LogP contribution < -0.4 is 10.2 Å². The Morgan fingerprint density at radius 3 is 2.59 bits per heavy atom. The minimum Gasteiger partial charge on any atom is -0.337 e. The molecule has 1 aliphatic heterocycles. The number of hydrogen-bond donors (Lipinski definition) is 1. The van der Waals surface area contributed by atoms with Crippen LogP contribution in [0.4, 0.5) is 23.7 Å². The highest BCUT2D eigenvalue weighted by Crippen LogP contribution is 2.29. The van der Waals surface area contributed by atoms with Crippen molar-refractivity contribution in [3.63, 3.8) is 0 Å². The molecule has 0 bridgehead atoms. The largest absolute Gasteiger partial charge is 0.416 e. The normalized spacial score (nSPS) is 14.2. The quantitative estimate of drug-likeness (QED) is 0.887. The number of nitrogens with zero attached hydrogens (tertiary/aromatic N) is 2. The van der Waals surface area contributed by atoms with Crippen LogP contribution in [0.2, 0.25) is 0 Å². The first-order valence-corrected chi connectivity index (χ1v) is 8.33. The van der Waals surface area contributed by atoms with Crippen molar-refractivity contribution in [1.82, 2.24) is 10.2 Å². The van der Waals surface area contributed by atoms with Gasteiger partial charge in [0.05, 0.1) is 5.56 Å². The number of halogens is 3. The minimum absolute atomic E-state index is 0.0389. The molecule has 2 aromatic rings. The van der Waals surface area contributed by atoms with Crippen molar-refractivity contribution in [3.8, 4) is 0 Å². The van der Waals surface area contributed by atoms with Crippen molar-refractivity contribution in [2.75, 3.05) is 25.0 Å². The predicted molar refractivity (Wildman–Crippen MR) is 94.4 cm³/mol. The standard InChI is InChI=1S/C19H18F3N3O2/c1-24(12-13-4-2-6-15(10-13)19(20,21)22)17(26)14-5-3-7-16(11-14)25-9-8-23-18(25)27/h2-7,10-11H,8-9,12H2,1H3,(H,23,27). The van der Waals surface area contributed by atoms with Crippen molar-refractivity contribution in [2.45, 2.75) is 12.7 Å². The zero-order valence-electron chi connectivity index (χ0n) is 14.6. The van der Waals surface area contributed by atoms with E-state index in [1.807, 2.05) is 0 Å². The number of benzene rings is 2. The molecule has 0 saturated carbocycles. The Balaban J connectivity index is 1.75. The van der Waals surface area contributed by atoms with Crippen molar-refractivity contribution in [1.29, 1.82) is 0 Å². The Hall–Kier alpha value is -3.03. The number of anilines is 1. The molecule has 1 N–H and O–H groups in total. The molecule has 8 heteroatoms. The maximum absolute atomic E-state index is 12.8. The van der Waals surface area contributed by atoms with Crippen LogP contribution >= 0.6 is 0 Å². The lowest BCUT2D eigenvalue weighted by Gasteiger charge is -2.20. The topological polar surface area (TPSA) is 52.7 Å². The molecule has 27 heavy (non-hydrogen) atoms. The zero-order valence-corrected chi connectivity index (χ0v) is 14.6. The van der Waals surface area contributed by atoms with Crippen LogP contribution in [0, 0.1) is 0 Å². The monoisotopic (exact) mass is 377 g/mol. The minimum atomic E-state index is -4.43. The molecule has 1 aliphatic rings. The van der Waals surface area contributed by atoms with Gasteiger partial charge in [0.25, 0.3) is 5.91 Å². The van der Waals surface area contributed by atoms with Gasteiger partial charge in [-0.05, 0) is 35.9 Å².